The number of nitrogen functional groups attached to an aromatic ring is 1. The Bertz CT molecular complexity index is 1460. The van der Waals surface area contributed by atoms with Crippen LogP contribution in [-0.2, 0) is 21.4 Å². The number of nitrogens with two attached hydrogens (primary N) is 1. The summed E-state index contributed by atoms with van der Waals surface area (Å²) < 4.78 is 6.41. The largest absolute Gasteiger partial charge is 0.477 e. The lowest BCUT2D eigenvalue weighted by Crippen LogP contribution is -2.72. The van der Waals surface area contributed by atoms with Crippen LogP contribution in [0.5, 0.6) is 0 Å². The van der Waals surface area contributed by atoms with E-state index in [2.05, 4.69) is 24.8 Å². The second-order valence-corrected chi connectivity index (χ2v) is 11.1. The second kappa shape index (κ2) is 9.87. The Morgan fingerprint density at radius 1 is 1.32 bits per heavy atom. The van der Waals surface area contributed by atoms with Gasteiger partial charge < -0.3 is 21.4 Å². The molecule has 3 aromatic heterocycles. The first-order chi connectivity index (χ1) is 17.8. The number of carbonyl (C=O) groups excluding carboxylic acids is 2. The summed E-state index contributed by atoms with van der Waals surface area (Å²) in [7, 11) is 1.92. The van der Waals surface area contributed by atoms with Crippen LogP contribution in [0.4, 0.5) is 5.13 Å². The van der Waals surface area contributed by atoms with E-state index in [0.717, 1.165) is 22.8 Å². The van der Waals surface area contributed by atoms with Gasteiger partial charge in [0.2, 0.25) is 11.5 Å². The minimum atomic E-state index is -1.24. The van der Waals surface area contributed by atoms with Gasteiger partial charge in [-0.25, -0.2) is 14.3 Å². The van der Waals surface area contributed by atoms with E-state index in [-0.39, 0.29) is 16.7 Å². The number of carbonyl (C=O) groups is 3. The molecule has 1 fully saturated rings. The highest BCUT2D eigenvalue weighted by atomic mass is 32.2. The minimum absolute atomic E-state index is 0.0774. The average Bonchev–Trinajstić information content (AvgIpc) is 3.52. The lowest BCUT2D eigenvalue weighted by Gasteiger charge is -2.49. The van der Waals surface area contributed by atoms with Gasteiger partial charge in [0.05, 0.1) is 11.7 Å². The van der Waals surface area contributed by atoms with Crippen molar-refractivity contribution in [1.82, 2.24) is 24.6 Å². The fourth-order valence-corrected chi connectivity index (χ4v) is 6.56. The molecule has 13 nitrogen and oxygen atoms in total. The number of β-lactam (4-membered cyclic amide) rings is 1. The predicted octanol–water partition coefficient (Wildman–Crippen LogP) is 0.825. The smallest absolute Gasteiger partial charge is 0.353 e. The fraction of sp³-hybridized carbons (Fsp3) is 0.238. The topological polar surface area (TPSA) is 188 Å². The summed E-state index contributed by atoms with van der Waals surface area (Å²) in [5.74, 6) is -2.86. The molecule has 0 aromatic carbocycles. The van der Waals surface area contributed by atoms with Gasteiger partial charge in [-0.3, -0.25) is 14.5 Å². The zero-order valence-electron chi connectivity index (χ0n) is 19.1. The molecule has 0 saturated carbocycles. The van der Waals surface area contributed by atoms with Crippen molar-refractivity contribution in [3.8, 4) is 11.3 Å². The number of carboxylic acid groups (broad SMARTS) is 1. The number of pyridine rings is 1. The van der Waals surface area contributed by atoms with Crippen LogP contribution in [0.3, 0.4) is 0 Å². The number of aryl methyl sites for hydroxylation is 1. The Kier molecular flexibility index (Phi) is 6.61. The van der Waals surface area contributed by atoms with Gasteiger partial charge in [0.1, 0.15) is 18.8 Å². The van der Waals surface area contributed by atoms with Gasteiger partial charge >= 0.3 is 5.97 Å². The summed E-state index contributed by atoms with van der Waals surface area (Å²) in [6, 6.07) is 2.34. The third kappa shape index (κ3) is 4.65. The maximum Gasteiger partial charge on any atom is 0.353 e. The van der Waals surface area contributed by atoms with E-state index in [1.807, 2.05) is 41.5 Å². The number of anilines is 1. The molecule has 2 aliphatic rings. The van der Waals surface area contributed by atoms with Crippen LogP contribution in [-0.4, -0.2) is 65.1 Å². The SMILES string of the molecule is C[n+]1ccc(-c2csc(SC3=C(C(=O)O)N4C(=O)[C@@H](NC(=O)/C(=N\O)c5nsc(N)n5)[C@H]4CC3)n2)cc1. The molecule has 2 atom stereocenters. The number of hydrogen-bond acceptors (Lipinski definition) is 12. The molecule has 16 heteroatoms. The Morgan fingerprint density at radius 2 is 2.08 bits per heavy atom. The summed E-state index contributed by atoms with van der Waals surface area (Å²) >= 11 is 3.44. The van der Waals surface area contributed by atoms with E-state index >= 15 is 0 Å². The van der Waals surface area contributed by atoms with E-state index in [1.54, 1.807) is 0 Å². The van der Waals surface area contributed by atoms with Crippen LogP contribution in [0.15, 0.2) is 50.0 Å². The molecule has 0 unspecified atom stereocenters. The number of aromatic nitrogens is 4. The van der Waals surface area contributed by atoms with Crippen molar-refractivity contribution < 1.29 is 29.3 Å². The predicted molar refractivity (Wildman–Crippen MR) is 134 cm³/mol. The van der Waals surface area contributed by atoms with Crippen molar-refractivity contribution in [1.29, 1.82) is 0 Å². The number of nitrogens with one attached hydrogen (secondary N) is 1. The second-order valence-electron chi connectivity index (χ2n) is 8.10. The van der Waals surface area contributed by atoms with Crippen LogP contribution < -0.4 is 15.6 Å². The molecule has 2 amide bonds. The molecule has 0 aliphatic carbocycles. The maximum absolute atomic E-state index is 13.0. The van der Waals surface area contributed by atoms with Crippen molar-refractivity contribution in [2.45, 2.75) is 29.3 Å². The molecule has 190 valence electrons. The van der Waals surface area contributed by atoms with Crippen LogP contribution in [0.2, 0.25) is 0 Å². The highest BCUT2D eigenvalue weighted by Gasteiger charge is 2.54. The molecule has 37 heavy (non-hydrogen) atoms. The maximum atomic E-state index is 13.0. The zero-order chi connectivity index (χ0) is 26.3. The van der Waals surface area contributed by atoms with Crippen molar-refractivity contribution in [2.24, 2.45) is 12.2 Å². The third-order valence-corrected chi connectivity index (χ3v) is 8.44. The quantitative estimate of drug-likeness (QED) is 0.106. The van der Waals surface area contributed by atoms with Gasteiger partial charge in [-0.05, 0) is 12.8 Å². The van der Waals surface area contributed by atoms with E-state index in [9.17, 15) is 24.7 Å². The van der Waals surface area contributed by atoms with Crippen LogP contribution >= 0.6 is 34.6 Å². The lowest BCUT2D eigenvalue weighted by atomic mass is 9.86. The van der Waals surface area contributed by atoms with E-state index in [4.69, 9.17) is 5.73 Å². The first kappa shape index (κ1) is 24.8. The summed E-state index contributed by atoms with van der Waals surface area (Å²) in [5, 5.41) is 26.6. The number of rotatable bonds is 7. The van der Waals surface area contributed by atoms with Crippen molar-refractivity contribution in [3.63, 3.8) is 0 Å². The number of nitrogens with zero attached hydrogens (tertiary/aromatic N) is 6. The van der Waals surface area contributed by atoms with Crippen LogP contribution in [0.1, 0.15) is 18.7 Å². The number of carboxylic acids is 1. The van der Waals surface area contributed by atoms with Gasteiger partial charge in [-0.15, -0.1) is 11.3 Å². The number of fused-ring (bicyclic) bond motifs is 1. The number of allylic oxidation sites excluding steroid dienone is 1. The number of amides is 2. The number of thiazole rings is 1. The highest BCUT2D eigenvalue weighted by molar-refractivity contribution is 8.04. The molecule has 5 N–H and O–H groups in total. The monoisotopic (exact) mass is 559 g/mol. The summed E-state index contributed by atoms with van der Waals surface area (Å²) in [4.78, 5) is 47.9. The third-order valence-electron chi connectivity index (χ3n) is 5.82. The van der Waals surface area contributed by atoms with Gasteiger partial charge in [0, 0.05) is 39.5 Å². The van der Waals surface area contributed by atoms with E-state index in [0.29, 0.717) is 22.1 Å². The first-order valence-corrected chi connectivity index (χ1v) is 13.2. The van der Waals surface area contributed by atoms with Gasteiger partial charge in [-0.2, -0.15) is 9.36 Å². The number of thioether (sulfide) groups is 1. The number of oxime groups is 1. The molecule has 0 radical (unpaired) electrons. The molecule has 1 saturated heterocycles. The molecule has 3 aromatic rings. The molecule has 0 bridgehead atoms. The summed E-state index contributed by atoms with van der Waals surface area (Å²) in [6.45, 7) is 0. The molecular formula is C21H19N8O5S3+. The number of hydrogen-bond donors (Lipinski definition) is 4. The highest BCUT2D eigenvalue weighted by Crippen LogP contribution is 2.44. The molecule has 5 rings (SSSR count). The average molecular weight is 560 g/mol. The van der Waals surface area contributed by atoms with E-state index in [1.165, 1.54) is 28.0 Å². The Balaban J connectivity index is 1.32. The number of aliphatic carboxylic acids is 1. The van der Waals surface area contributed by atoms with Gasteiger partial charge in [-0.1, -0.05) is 16.9 Å². The van der Waals surface area contributed by atoms with Gasteiger partial charge in [0.25, 0.3) is 11.8 Å². The summed E-state index contributed by atoms with van der Waals surface area (Å²) in [5.41, 5.74) is 6.62. The van der Waals surface area contributed by atoms with E-state index < -0.39 is 35.6 Å². The van der Waals surface area contributed by atoms with Crippen molar-refractivity contribution in [3.05, 3.63) is 46.3 Å². The molecule has 0 spiro atoms. The zero-order valence-corrected chi connectivity index (χ0v) is 21.5. The molecule has 2 aliphatic heterocycles. The normalized spacial score (nSPS) is 19.4. The van der Waals surface area contributed by atoms with Gasteiger partial charge in [0.15, 0.2) is 21.9 Å². The van der Waals surface area contributed by atoms with Crippen molar-refractivity contribution >= 4 is 63.3 Å². The van der Waals surface area contributed by atoms with Crippen LogP contribution in [0, 0.1) is 0 Å². The lowest BCUT2D eigenvalue weighted by molar-refractivity contribution is -0.671. The minimum Gasteiger partial charge on any atom is -0.477 e. The standard InChI is InChI=1S/C21H18N8O5S3/c1-28-6-4-9(5-7-28)10-8-35-21(23-10)36-12-3-2-11-13(18(31)29(11)15(12)19(32)33)24-17(30)14(26-34)16-25-20(22)37-27-16/h4-8,11,13H,2-3H2,1H3,(H4-,22,24,25,27,30,32,33,34)/p+1/t11-,13+/m1/s1. The van der Waals surface area contributed by atoms with Crippen LogP contribution in [0.25, 0.3) is 11.3 Å². The summed E-state index contributed by atoms with van der Waals surface area (Å²) in [6.07, 6.45) is 4.64. The Morgan fingerprint density at radius 3 is 2.73 bits per heavy atom. The Labute approximate surface area is 221 Å². The fourth-order valence-electron chi connectivity index (χ4n) is 4.07. The molecular weight excluding hydrogens is 540 g/mol. The van der Waals surface area contributed by atoms with Crippen molar-refractivity contribution in [2.75, 3.05) is 5.73 Å². The molecule has 5 heterocycles. The Hall–Kier alpha value is -3.89. The first-order valence-electron chi connectivity index (χ1n) is 10.8.